The lowest BCUT2D eigenvalue weighted by molar-refractivity contribution is 0.0961. The van der Waals surface area contributed by atoms with Gasteiger partial charge in [-0.3, -0.25) is 0 Å². The summed E-state index contributed by atoms with van der Waals surface area (Å²) >= 11 is 0. The lowest BCUT2D eigenvalue weighted by Gasteiger charge is -2.30. The van der Waals surface area contributed by atoms with Crippen LogP contribution in [0, 0.1) is 0 Å². The molecule has 2 aromatic carbocycles. The van der Waals surface area contributed by atoms with Crippen molar-refractivity contribution in [1.82, 2.24) is 0 Å². The molecule has 2 nitrogen and oxygen atoms in total. The quantitative estimate of drug-likeness (QED) is 0.720. The van der Waals surface area contributed by atoms with Crippen LogP contribution < -0.4 is 0 Å². The van der Waals surface area contributed by atoms with Gasteiger partial charge in [0.05, 0.1) is 12.2 Å². The van der Waals surface area contributed by atoms with Gasteiger partial charge in [-0.25, -0.2) is 0 Å². The Kier molecular flexibility index (Phi) is 8.52. The van der Waals surface area contributed by atoms with E-state index in [9.17, 15) is 10.2 Å². The van der Waals surface area contributed by atoms with Crippen molar-refractivity contribution < 1.29 is 10.2 Å². The lowest BCUT2D eigenvalue weighted by atomic mass is 9.78. The van der Waals surface area contributed by atoms with Gasteiger partial charge in [-0.15, -0.1) is 0 Å². The molecule has 2 heteroatoms. The minimum Gasteiger partial charge on any atom is -0.393 e. The van der Waals surface area contributed by atoms with E-state index in [2.05, 4.69) is 52.0 Å². The van der Waals surface area contributed by atoms with E-state index in [1.165, 1.54) is 11.1 Å². The predicted octanol–water partition coefficient (Wildman–Crippen LogP) is 5.47. The zero-order valence-electron chi connectivity index (χ0n) is 17.2. The minimum absolute atomic E-state index is 0.0649. The zero-order valence-corrected chi connectivity index (χ0v) is 17.2. The first-order chi connectivity index (χ1) is 12.1. The molecule has 2 rings (SSSR count). The first-order valence-corrected chi connectivity index (χ1v) is 9.58. The summed E-state index contributed by atoms with van der Waals surface area (Å²) in [6.07, 6.45) is 1.09. The second-order valence-electron chi connectivity index (χ2n) is 8.31. The molecule has 144 valence electrons. The van der Waals surface area contributed by atoms with E-state index in [1.54, 1.807) is 0 Å². The molecule has 2 aromatic rings. The Morgan fingerprint density at radius 1 is 0.769 bits per heavy atom. The third-order valence-electron chi connectivity index (χ3n) is 5.10. The Morgan fingerprint density at radius 2 is 1.19 bits per heavy atom. The minimum atomic E-state index is -0.269. The molecule has 0 amide bonds. The van der Waals surface area contributed by atoms with E-state index >= 15 is 0 Å². The molecule has 0 spiro atoms. The molecule has 0 aliphatic carbocycles. The fourth-order valence-electron chi connectivity index (χ4n) is 3.32. The van der Waals surface area contributed by atoms with Gasteiger partial charge in [-0.1, -0.05) is 95.3 Å². The summed E-state index contributed by atoms with van der Waals surface area (Å²) in [4.78, 5) is 0. The number of hydrogen-bond acceptors (Lipinski definition) is 2. The maximum atomic E-state index is 9.84. The average molecular weight is 357 g/mol. The molecule has 2 atom stereocenters. The van der Waals surface area contributed by atoms with Crippen molar-refractivity contribution in [2.75, 3.05) is 0 Å². The van der Waals surface area contributed by atoms with Crippen LogP contribution in [0.5, 0.6) is 0 Å². The molecule has 26 heavy (non-hydrogen) atoms. The molecule has 0 saturated heterocycles. The molecular formula is C24H36O2. The smallest absolute Gasteiger partial charge is 0.0628 e. The van der Waals surface area contributed by atoms with Crippen molar-refractivity contribution in [1.29, 1.82) is 0 Å². The van der Waals surface area contributed by atoms with Gasteiger partial charge in [0.2, 0.25) is 0 Å². The fraction of sp³-hybridized carbons (Fsp3) is 0.500. The SMILES string of the molecule is CC(O)CC(C)(C)c1ccccc1.CCC(O)C(C)(C)c1ccccc1. The predicted molar refractivity (Wildman–Crippen MR) is 112 cm³/mol. The molecule has 2 N–H and O–H groups in total. The fourth-order valence-corrected chi connectivity index (χ4v) is 3.32. The van der Waals surface area contributed by atoms with Crippen molar-refractivity contribution >= 4 is 0 Å². The Balaban J connectivity index is 0.000000260. The zero-order chi connectivity index (χ0) is 19.8. The highest BCUT2D eigenvalue weighted by Crippen LogP contribution is 2.28. The van der Waals surface area contributed by atoms with Gasteiger partial charge in [0.15, 0.2) is 0 Å². The van der Waals surface area contributed by atoms with Crippen LogP contribution >= 0.6 is 0 Å². The second-order valence-corrected chi connectivity index (χ2v) is 8.31. The van der Waals surface area contributed by atoms with E-state index in [0.29, 0.717) is 0 Å². The van der Waals surface area contributed by atoms with Crippen LogP contribution in [-0.2, 0) is 10.8 Å². The number of hydrogen-bond donors (Lipinski definition) is 2. The molecule has 0 bridgehead atoms. The van der Waals surface area contributed by atoms with Crippen LogP contribution in [0.25, 0.3) is 0 Å². The van der Waals surface area contributed by atoms with E-state index < -0.39 is 0 Å². The van der Waals surface area contributed by atoms with Gasteiger partial charge in [-0.05, 0) is 36.3 Å². The highest BCUT2D eigenvalue weighted by Gasteiger charge is 2.27. The summed E-state index contributed by atoms with van der Waals surface area (Å²) in [5.74, 6) is 0. The Bertz CT molecular complexity index is 615. The first-order valence-electron chi connectivity index (χ1n) is 9.58. The molecule has 0 saturated carbocycles. The third kappa shape index (κ3) is 6.59. The van der Waals surface area contributed by atoms with Gasteiger partial charge in [-0.2, -0.15) is 0 Å². The van der Waals surface area contributed by atoms with E-state index in [-0.39, 0.29) is 23.0 Å². The molecule has 0 aliphatic heterocycles. The highest BCUT2D eigenvalue weighted by molar-refractivity contribution is 5.25. The van der Waals surface area contributed by atoms with Gasteiger partial charge >= 0.3 is 0 Å². The van der Waals surface area contributed by atoms with Crippen molar-refractivity contribution in [3.8, 4) is 0 Å². The molecule has 0 heterocycles. The maximum absolute atomic E-state index is 9.84. The van der Waals surface area contributed by atoms with E-state index in [0.717, 1.165) is 12.8 Å². The van der Waals surface area contributed by atoms with Crippen molar-refractivity contribution in [2.24, 2.45) is 0 Å². The summed E-state index contributed by atoms with van der Waals surface area (Å²) in [6.45, 7) is 12.3. The van der Waals surface area contributed by atoms with Crippen LogP contribution in [-0.4, -0.2) is 22.4 Å². The number of aliphatic hydroxyl groups excluding tert-OH is 2. The van der Waals surface area contributed by atoms with Crippen LogP contribution in [0.1, 0.15) is 65.5 Å². The van der Waals surface area contributed by atoms with Gasteiger partial charge < -0.3 is 10.2 Å². The molecule has 0 radical (unpaired) electrons. The van der Waals surface area contributed by atoms with Crippen molar-refractivity contribution in [3.63, 3.8) is 0 Å². The van der Waals surface area contributed by atoms with Crippen molar-refractivity contribution in [3.05, 3.63) is 71.8 Å². The summed E-state index contributed by atoms with van der Waals surface area (Å²) in [6, 6.07) is 20.5. The average Bonchev–Trinajstić information content (AvgIpc) is 2.62. The van der Waals surface area contributed by atoms with E-state index in [1.807, 2.05) is 50.2 Å². The Hall–Kier alpha value is -1.64. The van der Waals surface area contributed by atoms with E-state index in [4.69, 9.17) is 0 Å². The van der Waals surface area contributed by atoms with Crippen LogP contribution in [0.2, 0.25) is 0 Å². The molecule has 0 aromatic heterocycles. The maximum Gasteiger partial charge on any atom is 0.0628 e. The monoisotopic (exact) mass is 356 g/mol. The Labute approximate surface area is 159 Å². The Morgan fingerprint density at radius 3 is 1.58 bits per heavy atom. The first kappa shape index (κ1) is 22.4. The summed E-state index contributed by atoms with van der Waals surface area (Å²) in [5.41, 5.74) is 2.41. The van der Waals surface area contributed by atoms with Crippen LogP contribution in [0.4, 0.5) is 0 Å². The van der Waals surface area contributed by atoms with Crippen LogP contribution in [0.3, 0.4) is 0 Å². The summed E-state index contributed by atoms with van der Waals surface area (Å²) in [7, 11) is 0. The second kappa shape index (κ2) is 9.89. The standard InChI is InChI=1S/2C12H18O/c1-10(13)9-12(2,3)11-7-5-4-6-8-11;1-4-11(13)12(2,3)10-8-6-5-7-9-10/h4-8,10,13H,9H2,1-3H3;5-9,11,13H,4H2,1-3H3. The molecule has 0 fully saturated rings. The molecular weight excluding hydrogens is 320 g/mol. The normalized spacial score (nSPS) is 14.2. The summed E-state index contributed by atoms with van der Waals surface area (Å²) in [5, 5.41) is 19.2. The van der Waals surface area contributed by atoms with Crippen LogP contribution in [0.15, 0.2) is 60.7 Å². The number of benzene rings is 2. The largest absolute Gasteiger partial charge is 0.393 e. The number of aliphatic hydroxyl groups is 2. The molecule has 0 aliphatic rings. The van der Waals surface area contributed by atoms with Gasteiger partial charge in [0.25, 0.3) is 0 Å². The third-order valence-corrected chi connectivity index (χ3v) is 5.10. The summed E-state index contributed by atoms with van der Waals surface area (Å²) < 4.78 is 0. The van der Waals surface area contributed by atoms with Gasteiger partial charge in [0, 0.05) is 5.41 Å². The topological polar surface area (TPSA) is 40.5 Å². The van der Waals surface area contributed by atoms with Crippen molar-refractivity contribution in [2.45, 2.75) is 77.4 Å². The molecule has 2 unspecified atom stereocenters. The highest BCUT2D eigenvalue weighted by atomic mass is 16.3. The van der Waals surface area contributed by atoms with Gasteiger partial charge in [0.1, 0.15) is 0 Å². The number of rotatable bonds is 6. The lowest BCUT2D eigenvalue weighted by Crippen LogP contribution is -2.32.